The average molecular weight is 397 g/mol. The standard InChI is InChI=1S/C20H27N7O2/c1-12(28)23-17-8-13(19(2,3)4)24-26(17)15-10-16(22-11-21-15)27-18(29)9-14(25-27)20(5,6)7/h8-11,29H,1-7H3,(H,23,28). The molecule has 9 heteroatoms. The third kappa shape index (κ3) is 4.28. The second-order valence-electron chi connectivity index (χ2n) is 9.04. The van der Waals surface area contributed by atoms with Gasteiger partial charge in [-0.2, -0.15) is 19.6 Å². The van der Waals surface area contributed by atoms with E-state index in [0.717, 1.165) is 11.4 Å². The number of amides is 1. The molecule has 0 spiro atoms. The first-order valence-corrected chi connectivity index (χ1v) is 9.37. The van der Waals surface area contributed by atoms with Crippen molar-refractivity contribution in [2.24, 2.45) is 0 Å². The molecule has 0 aliphatic rings. The van der Waals surface area contributed by atoms with Crippen molar-refractivity contribution in [2.75, 3.05) is 5.32 Å². The van der Waals surface area contributed by atoms with E-state index >= 15 is 0 Å². The number of hydrogen-bond donors (Lipinski definition) is 2. The first kappa shape index (κ1) is 20.5. The monoisotopic (exact) mass is 397 g/mol. The molecule has 0 aliphatic carbocycles. The van der Waals surface area contributed by atoms with E-state index in [4.69, 9.17) is 0 Å². The molecule has 154 valence electrons. The van der Waals surface area contributed by atoms with Crippen molar-refractivity contribution in [3.05, 3.63) is 35.9 Å². The van der Waals surface area contributed by atoms with Gasteiger partial charge in [0.05, 0.1) is 11.4 Å². The number of carbonyl (C=O) groups excluding carboxylic acids is 1. The smallest absolute Gasteiger partial charge is 0.222 e. The zero-order chi connectivity index (χ0) is 21.6. The summed E-state index contributed by atoms with van der Waals surface area (Å²) >= 11 is 0. The van der Waals surface area contributed by atoms with Gasteiger partial charge >= 0.3 is 0 Å². The van der Waals surface area contributed by atoms with Crippen LogP contribution < -0.4 is 5.32 Å². The number of aromatic nitrogens is 6. The average Bonchev–Trinajstić information content (AvgIpc) is 3.18. The van der Waals surface area contributed by atoms with Crippen molar-refractivity contribution < 1.29 is 9.90 Å². The molecule has 3 rings (SSSR count). The van der Waals surface area contributed by atoms with Gasteiger partial charge in [0.15, 0.2) is 11.6 Å². The number of anilines is 1. The predicted octanol–water partition coefficient (Wildman–Crippen LogP) is 3.11. The van der Waals surface area contributed by atoms with Gasteiger partial charge < -0.3 is 10.4 Å². The van der Waals surface area contributed by atoms with Crippen LogP contribution in [0.4, 0.5) is 5.82 Å². The Hall–Kier alpha value is -3.23. The van der Waals surface area contributed by atoms with Crippen molar-refractivity contribution in [2.45, 2.75) is 59.3 Å². The quantitative estimate of drug-likeness (QED) is 0.702. The van der Waals surface area contributed by atoms with Crippen LogP contribution >= 0.6 is 0 Å². The lowest BCUT2D eigenvalue weighted by Crippen LogP contribution is -2.14. The minimum absolute atomic E-state index is 0.0162. The van der Waals surface area contributed by atoms with Gasteiger partial charge in [0.25, 0.3) is 0 Å². The van der Waals surface area contributed by atoms with Crippen molar-refractivity contribution in [1.82, 2.24) is 29.5 Å². The lowest BCUT2D eigenvalue weighted by molar-refractivity contribution is -0.114. The highest BCUT2D eigenvalue weighted by Crippen LogP contribution is 2.28. The largest absolute Gasteiger partial charge is 0.493 e. The van der Waals surface area contributed by atoms with E-state index in [-0.39, 0.29) is 22.6 Å². The van der Waals surface area contributed by atoms with Crippen molar-refractivity contribution in [3.8, 4) is 17.5 Å². The lowest BCUT2D eigenvalue weighted by atomic mass is 9.92. The highest BCUT2D eigenvalue weighted by Gasteiger charge is 2.23. The summed E-state index contributed by atoms with van der Waals surface area (Å²) in [5, 5.41) is 22.2. The zero-order valence-electron chi connectivity index (χ0n) is 17.8. The van der Waals surface area contributed by atoms with Gasteiger partial charge in [0.1, 0.15) is 12.1 Å². The Kier molecular flexibility index (Phi) is 4.94. The second kappa shape index (κ2) is 6.98. The molecule has 0 radical (unpaired) electrons. The molecular weight excluding hydrogens is 370 g/mol. The number of nitrogens with one attached hydrogen (secondary N) is 1. The van der Waals surface area contributed by atoms with Gasteiger partial charge in [-0.25, -0.2) is 9.97 Å². The maximum absolute atomic E-state index is 11.7. The van der Waals surface area contributed by atoms with E-state index in [1.807, 2.05) is 47.6 Å². The van der Waals surface area contributed by atoms with E-state index in [2.05, 4.69) is 25.5 Å². The van der Waals surface area contributed by atoms with Crippen LogP contribution in [0.1, 0.15) is 59.9 Å². The van der Waals surface area contributed by atoms with Gasteiger partial charge in [-0.1, -0.05) is 41.5 Å². The zero-order valence-corrected chi connectivity index (χ0v) is 17.8. The van der Waals surface area contributed by atoms with Crippen LogP contribution in [0.15, 0.2) is 24.5 Å². The molecule has 0 saturated carbocycles. The van der Waals surface area contributed by atoms with Crippen LogP contribution in [-0.2, 0) is 15.6 Å². The van der Waals surface area contributed by atoms with E-state index < -0.39 is 0 Å². The molecule has 0 aromatic carbocycles. The number of rotatable bonds is 3. The molecule has 0 bridgehead atoms. The van der Waals surface area contributed by atoms with Crippen LogP contribution in [0.3, 0.4) is 0 Å². The molecule has 3 heterocycles. The van der Waals surface area contributed by atoms with E-state index in [1.165, 1.54) is 17.9 Å². The van der Waals surface area contributed by atoms with Gasteiger partial charge in [-0.15, -0.1) is 0 Å². The summed E-state index contributed by atoms with van der Waals surface area (Å²) < 4.78 is 2.91. The first-order chi connectivity index (χ1) is 13.4. The summed E-state index contributed by atoms with van der Waals surface area (Å²) in [5.41, 5.74) is 1.11. The van der Waals surface area contributed by atoms with Crippen molar-refractivity contribution in [3.63, 3.8) is 0 Å². The minimum atomic E-state index is -0.221. The third-order valence-corrected chi connectivity index (χ3v) is 4.31. The van der Waals surface area contributed by atoms with Crippen LogP contribution in [0.2, 0.25) is 0 Å². The topological polar surface area (TPSA) is 111 Å². The van der Waals surface area contributed by atoms with Crippen LogP contribution in [0, 0.1) is 0 Å². The molecule has 0 fully saturated rings. The van der Waals surface area contributed by atoms with E-state index in [1.54, 1.807) is 16.8 Å². The fourth-order valence-corrected chi connectivity index (χ4v) is 2.67. The molecule has 0 unspecified atom stereocenters. The highest BCUT2D eigenvalue weighted by atomic mass is 16.3. The Morgan fingerprint density at radius 3 is 1.93 bits per heavy atom. The summed E-state index contributed by atoms with van der Waals surface area (Å²) in [7, 11) is 0. The number of aromatic hydroxyl groups is 1. The molecule has 9 nitrogen and oxygen atoms in total. The summed E-state index contributed by atoms with van der Waals surface area (Å²) in [4.78, 5) is 20.2. The summed E-state index contributed by atoms with van der Waals surface area (Å²) in [6.45, 7) is 13.6. The fourth-order valence-electron chi connectivity index (χ4n) is 2.67. The molecule has 3 aromatic rings. The lowest BCUT2D eigenvalue weighted by Gasteiger charge is -2.14. The Labute approximate surface area is 169 Å². The Morgan fingerprint density at radius 1 is 0.897 bits per heavy atom. The maximum Gasteiger partial charge on any atom is 0.222 e. The normalized spacial score (nSPS) is 12.2. The fraction of sp³-hybridized carbons (Fsp3) is 0.450. The third-order valence-electron chi connectivity index (χ3n) is 4.31. The summed E-state index contributed by atoms with van der Waals surface area (Å²) in [5.74, 6) is 1.12. The van der Waals surface area contributed by atoms with Crippen LogP contribution in [-0.4, -0.2) is 40.5 Å². The van der Waals surface area contributed by atoms with Crippen LogP contribution in [0.5, 0.6) is 5.88 Å². The molecule has 0 saturated heterocycles. The minimum Gasteiger partial charge on any atom is -0.493 e. The summed E-state index contributed by atoms with van der Waals surface area (Å²) in [6, 6.07) is 5.10. The second-order valence-corrected chi connectivity index (χ2v) is 9.04. The molecule has 29 heavy (non-hydrogen) atoms. The predicted molar refractivity (Wildman–Crippen MR) is 110 cm³/mol. The van der Waals surface area contributed by atoms with Gasteiger partial charge in [-0.3, -0.25) is 4.79 Å². The molecule has 3 aromatic heterocycles. The van der Waals surface area contributed by atoms with E-state index in [9.17, 15) is 9.90 Å². The van der Waals surface area contributed by atoms with Gasteiger partial charge in [0, 0.05) is 36.0 Å². The van der Waals surface area contributed by atoms with Crippen LogP contribution in [0.25, 0.3) is 11.6 Å². The molecule has 1 amide bonds. The SMILES string of the molecule is CC(=O)Nc1cc(C(C)(C)C)nn1-c1cc(-n2nc(C(C)(C)C)cc2O)ncn1. The highest BCUT2D eigenvalue weighted by molar-refractivity contribution is 5.88. The Balaban J connectivity index is 2.10. The number of carbonyl (C=O) groups is 1. The molecule has 0 atom stereocenters. The maximum atomic E-state index is 11.7. The Bertz CT molecular complexity index is 1050. The van der Waals surface area contributed by atoms with Gasteiger partial charge in [0.2, 0.25) is 11.8 Å². The molecule has 0 aliphatic heterocycles. The summed E-state index contributed by atoms with van der Waals surface area (Å²) in [6.07, 6.45) is 1.37. The molecule has 2 N–H and O–H groups in total. The van der Waals surface area contributed by atoms with Gasteiger partial charge in [-0.05, 0) is 0 Å². The van der Waals surface area contributed by atoms with Crippen molar-refractivity contribution in [1.29, 1.82) is 0 Å². The van der Waals surface area contributed by atoms with E-state index in [0.29, 0.717) is 17.5 Å². The molecular formula is C20H27N7O2. The van der Waals surface area contributed by atoms with Crippen molar-refractivity contribution >= 4 is 11.7 Å². The number of hydrogen-bond acceptors (Lipinski definition) is 6. The Morgan fingerprint density at radius 2 is 1.41 bits per heavy atom. The number of nitrogens with zero attached hydrogens (tertiary/aromatic N) is 6. The first-order valence-electron chi connectivity index (χ1n) is 9.37.